The maximum absolute atomic E-state index is 13.2. The Kier molecular flexibility index (Phi) is 5.15. The van der Waals surface area contributed by atoms with Gasteiger partial charge in [0.15, 0.2) is 0 Å². The van der Waals surface area contributed by atoms with Gasteiger partial charge in [-0.3, -0.25) is 14.1 Å². The van der Waals surface area contributed by atoms with Crippen molar-refractivity contribution in [2.45, 2.75) is 24.9 Å². The number of hydrogen-bond donors (Lipinski definition) is 0. The van der Waals surface area contributed by atoms with E-state index < -0.39 is 0 Å². The molecular weight excluding hydrogens is 428 g/mol. The topological polar surface area (TPSA) is 68.4 Å². The molecular formula is C26H30N6O2. The number of likely N-dealkylation sites (N-methyl/N-ethyl adjacent to an activating group) is 1. The minimum Gasteiger partial charge on any atom is -0.379 e. The van der Waals surface area contributed by atoms with E-state index in [0.717, 1.165) is 71.4 Å². The third-order valence-electron chi connectivity index (χ3n) is 7.41. The molecule has 0 bridgehead atoms. The van der Waals surface area contributed by atoms with Gasteiger partial charge in [-0.1, -0.05) is 6.07 Å². The molecule has 0 spiro atoms. The molecule has 176 valence electrons. The summed E-state index contributed by atoms with van der Waals surface area (Å²) in [4.78, 5) is 27.2. The van der Waals surface area contributed by atoms with Gasteiger partial charge in [-0.2, -0.15) is 0 Å². The van der Waals surface area contributed by atoms with Crippen LogP contribution in [0.15, 0.2) is 47.5 Å². The van der Waals surface area contributed by atoms with Crippen LogP contribution >= 0.6 is 0 Å². The Morgan fingerprint density at radius 1 is 1.06 bits per heavy atom. The fourth-order valence-corrected chi connectivity index (χ4v) is 5.19. The van der Waals surface area contributed by atoms with Crippen LogP contribution in [0.4, 0.5) is 5.82 Å². The number of nitrogens with zero attached hydrogens (tertiary/aromatic N) is 6. The lowest BCUT2D eigenvalue weighted by Gasteiger charge is -2.43. The standard InChI is InChI=1S/C26H30N6O2/c1-29(2)20-14-31(15-20)24-9-7-18(12-28-24)17-6-8-22-21(11-17)25-23(13-27-22)30(3)26(33)32(25)19-5-4-10-34-16-19/h6-9,11-13,19-20H,4-5,10,14-16H2,1-3H3/t19-/m1/s1. The predicted octanol–water partition coefficient (Wildman–Crippen LogP) is 3.05. The fourth-order valence-electron chi connectivity index (χ4n) is 5.19. The molecule has 6 rings (SSSR count). The van der Waals surface area contributed by atoms with Crippen molar-refractivity contribution in [1.82, 2.24) is 24.0 Å². The Morgan fingerprint density at radius 2 is 1.88 bits per heavy atom. The fraction of sp³-hybridized carbons (Fsp3) is 0.423. The Labute approximate surface area is 198 Å². The number of hydrogen-bond acceptors (Lipinski definition) is 6. The summed E-state index contributed by atoms with van der Waals surface area (Å²) in [5, 5.41) is 0.985. The Hall–Kier alpha value is -3.23. The molecule has 0 unspecified atom stereocenters. The summed E-state index contributed by atoms with van der Waals surface area (Å²) in [6.45, 7) is 3.35. The molecule has 1 atom stereocenters. The molecule has 5 heterocycles. The quantitative estimate of drug-likeness (QED) is 0.468. The van der Waals surface area contributed by atoms with E-state index in [2.05, 4.69) is 53.1 Å². The third kappa shape index (κ3) is 3.40. The molecule has 8 nitrogen and oxygen atoms in total. The van der Waals surface area contributed by atoms with Crippen molar-refractivity contribution in [2.24, 2.45) is 7.05 Å². The van der Waals surface area contributed by atoms with E-state index in [-0.39, 0.29) is 11.7 Å². The monoisotopic (exact) mass is 458 g/mol. The van der Waals surface area contributed by atoms with Crippen LogP contribution in [-0.2, 0) is 11.8 Å². The highest BCUT2D eigenvalue weighted by Crippen LogP contribution is 2.32. The minimum atomic E-state index is -0.0122. The van der Waals surface area contributed by atoms with Crippen LogP contribution < -0.4 is 10.6 Å². The van der Waals surface area contributed by atoms with Crippen LogP contribution in [0.2, 0.25) is 0 Å². The normalized spacial score (nSPS) is 19.3. The largest absolute Gasteiger partial charge is 0.379 e. The van der Waals surface area contributed by atoms with E-state index in [0.29, 0.717) is 12.6 Å². The van der Waals surface area contributed by atoms with Gasteiger partial charge in [0.2, 0.25) is 0 Å². The number of rotatable bonds is 4. The Bertz CT molecular complexity index is 1410. The highest BCUT2D eigenvalue weighted by Gasteiger charge is 2.29. The molecule has 8 heteroatoms. The number of ether oxygens (including phenoxy) is 1. The summed E-state index contributed by atoms with van der Waals surface area (Å²) in [7, 11) is 6.07. The smallest absolute Gasteiger partial charge is 0.329 e. The van der Waals surface area contributed by atoms with Crippen molar-refractivity contribution in [3.63, 3.8) is 0 Å². The molecule has 34 heavy (non-hydrogen) atoms. The van der Waals surface area contributed by atoms with Gasteiger partial charge in [-0.05, 0) is 56.8 Å². The first-order valence-electron chi connectivity index (χ1n) is 12.0. The van der Waals surface area contributed by atoms with Gasteiger partial charge in [0.1, 0.15) is 5.82 Å². The van der Waals surface area contributed by atoms with Crippen molar-refractivity contribution in [3.8, 4) is 11.1 Å². The van der Waals surface area contributed by atoms with Crippen LogP contribution in [0.25, 0.3) is 33.1 Å². The zero-order valence-corrected chi connectivity index (χ0v) is 19.9. The molecule has 4 aromatic rings. The SMILES string of the molecule is CN(C)C1CN(c2ccc(-c3ccc4ncc5c(c4c3)n([C@@H]3CCCOC3)c(=O)n5C)cn2)C1. The number of imidazole rings is 1. The molecule has 2 aliphatic heterocycles. The number of benzene rings is 1. The average molecular weight is 459 g/mol. The van der Waals surface area contributed by atoms with E-state index >= 15 is 0 Å². The predicted molar refractivity (Wildman–Crippen MR) is 134 cm³/mol. The van der Waals surface area contributed by atoms with E-state index in [4.69, 9.17) is 9.72 Å². The van der Waals surface area contributed by atoms with Gasteiger partial charge in [-0.15, -0.1) is 0 Å². The molecule has 0 aliphatic carbocycles. The molecule has 2 fully saturated rings. The van der Waals surface area contributed by atoms with Gasteiger partial charge in [0.25, 0.3) is 0 Å². The number of fused-ring (bicyclic) bond motifs is 3. The summed E-state index contributed by atoms with van der Waals surface area (Å²) >= 11 is 0. The second kappa shape index (κ2) is 8.21. The lowest BCUT2D eigenvalue weighted by Crippen LogP contribution is -2.57. The van der Waals surface area contributed by atoms with Crippen molar-refractivity contribution >= 4 is 27.8 Å². The third-order valence-corrected chi connectivity index (χ3v) is 7.41. The first-order chi connectivity index (χ1) is 16.5. The summed E-state index contributed by atoms with van der Waals surface area (Å²) in [6.07, 6.45) is 5.66. The molecule has 0 saturated carbocycles. The lowest BCUT2D eigenvalue weighted by atomic mass is 10.0. The highest BCUT2D eigenvalue weighted by atomic mass is 16.5. The van der Waals surface area contributed by atoms with E-state index in [1.165, 1.54) is 0 Å². The lowest BCUT2D eigenvalue weighted by molar-refractivity contribution is 0.0593. The molecule has 0 N–H and O–H groups in total. The maximum Gasteiger partial charge on any atom is 0.329 e. The van der Waals surface area contributed by atoms with Crippen molar-refractivity contribution in [1.29, 1.82) is 0 Å². The van der Waals surface area contributed by atoms with E-state index in [1.807, 2.05) is 30.1 Å². The van der Waals surface area contributed by atoms with Gasteiger partial charge < -0.3 is 14.5 Å². The number of aryl methyl sites for hydroxylation is 1. The highest BCUT2D eigenvalue weighted by molar-refractivity contribution is 6.04. The number of anilines is 1. The summed E-state index contributed by atoms with van der Waals surface area (Å²) in [6, 6.07) is 11.1. The second-order valence-electron chi connectivity index (χ2n) is 9.73. The molecule has 0 radical (unpaired) electrons. The van der Waals surface area contributed by atoms with E-state index in [9.17, 15) is 4.79 Å². The second-order valence-corrected chi connectivity index (χ2v) is 9.73. The average Bonchev–Trinajstić information content (AvgIpc) is 3.09. The maximum atomic E-state index is 13.2. The van der Waals surface area contributed by atoms with Crippen LogP contribution in [0.5, 0.6) is 0 Å². The molecule has 2 aliphatic rings. The summed E-state index contributed by atoms with van der Waals surface area (Å²) < 4.78 is 9.35. The number of aromatic nitrogens is 4. The van der Waals surface area contributed by atoms with Crippen molar-refractivity contribution in [3.05, 3.63) is 53.2 Å². The molecule has 1 aromatic carbocycles. The van der Waals surface area contributed by atoms with Gasteiger partial charge >= 0.3 is 5.69 Å². The van der Waals surface area contributed by atoms with Crippen LogP contribution in [-0.4, -0.2) is 70.4 Å². The minimum absolute atomic E-state index is 0.0122. The molecule has 0 amide bonds. The molecule has 3 aromatic heterocycles. The zero-order chi connectivity index (χ0) is 23.4. The summed E-state index contributed by atoms with van der Waals surface area (Å²) in [5.41, 5.74) is 4.78. The number of pyridine rings is 2. The zero-order valence-electron chi connectivity index (χ0n) is 19.9. The van der Waals surface area contributed by atoms with Crippen molar-refractivity contribution < 1.29 is 4.74 Å². The Balaban J connectivity index is 1.41. The van der Waals surface area contributed by atoms with Crippen LogP contribution in [0, 0.1) is 0 Å². The first-order valence-corrected chi connectivity index (χ1v) is 12.0. The summed E-state index contributed by atoms with van der Waals surface area (Å²) in [5.74, 6) is 1.01. The van der Waals surface area contributed by atoms with E-state index in [1.54, 1.807) is 4.57 Å². The first kappa shape index (κ1) is 21.3. The van der Waals surface area contributed by atoms with Crippen LogP contribution in [0.3, 0.4) is 0 Å². The van der Waals surface area contributed by atoms with Gasteiger partial charge in [-0.25, -0.2) is 9.78 Å². The van der Waals surface area contributed by atoms with Gasteiger partial charge in [0, 0.05) is 49.9 Å². The van der Waals surface area contributed by atoms with Crippen LogP contribution in [0.1, 0.15) is 18.9 Å². The van der Waals surface area contributed by atoms with Gasteiger partial charge in [0.05, 0.1) is 35.4 Å². The van der Waals surface area contributed by atoms with Crippen molar-refractivity contribution in [2.75, 3.05) is 45.3 Å². The Morgan fingerprint density at radius 3 is 2.59 bits per heavy atom. The molecule has 2 saturated heterocycles.